The molecule has 0 unspecified atom stereocenters. The zero-order valence-electron chi connectivity index (χ0n) is 16.8. The number of pyridine rings is 1. The Labute approximate surface area is 183 Å². The molecule has 0 saturated carbocycles. The second-order valence-corrected chi connectivity index (χ2v) is 6.78. The molecule has 0 aliphatic carbocycles. The Bertz CT molecular complexity index is 1330. The van der Waals surface area contributed by atoms with Crippen LogP contribution in [0.4, 0.5) is 11.8 Å². The van der Waals surface area contributed by atoms with Gasteiger partial charge in [-0.15, -0.1) is 11.5 Å². The molecule has 3 aromatic heterocycles. The van der Waals surface area contributed by atoms with Crippen LogP contribution in [0, 0.1) is 12.3 Å². The summed E-state index contributed by atoms with van der Waals surface area (Å²) in [7, 11) is 0. The Hall–Kier alpha value is -4.78. The number of anilines is 2. The van der Waals surface area contributed by atoms with Gasteiger partial charge >= 0.3 is 5.97 Å². The van der Waals surface area contributed by atoms with Crippen LogP contribution in [-0.2, 0) is 11.3 Å². The minimum absolute atomic E-state index is 0.108. The van der Waals surface area contributed by atoms with Crippen molar-refractivity contribution >= 4 is 17.7 Å². The predicted molar refractivity (Wildman–Crippen MR) is 118 cm³/mol. The smallest absolute Gasteiger partial charge is 0.322 e. The SMILES string of the molecule is C#Cc1cccc(-c2cc(-c3cn(Cc4cccc(NCC(=O)O)n4)nn3)nc(N)n2)c1. The molecule has 0 bridgehead atoms. The average molecular weight is 426 g/mol. The fraction of sp³-hybridized carbons (Fsp3) is 0.0909. The number of carbonyl (C=O) groups is 1. The van der Waals surface area contributed by atoms with Gasteiger partial charge in [0.1, 0.15) is 18.1 Å². The molecule has 0 radical (unpaired) electrons. The third-order valence-electron chi connectivity index (χ3n) is 4.42. The van der Waals surface area contributed by atoms with E-state index in [-0.39, 0.29) is 12.5 Å². The maximum absolute atomic E-state index is 10.7. The molecule has 0 aliphatic rings. The van der Waals surface area contributed by atoms with Crippen molar-refractivity contribution in [2.45, 2.75) is 6.54 Å². The molecule has 0 saturated heterocycles. The van der Waals surface area contributed by atoms with E-state index in [1.54, 1.807) is 29.1 Å². The molecule has 4 N–H and O–H groups in total. The fourth-order valence-corrected chi connectivity index (χ4v) is 3.00. The molecule has 4 rings (SSSR count). The molecular formula is C22H18N8O2. The number of terminal acetylenes is 1. The van der Waals surface area contributed by atoms with Crippen LogP contribution in [-0.4, -0.2) is 47.6 Å². The van der Waals surface area contributed by atoms with Crippen molar-refractivity contribution in [3.05, 3.63) is 66.0 Å². The fourth-order valence-electron chi connectivity index (χ4n) is 3.00. The van der Waals surface area contributed by atoms with Crippen LogP contribution in [0.15, 0.2) is 54.7 Å². The number of hydrogen-bond donors (Lipinski definition) is 3. The number of nitrogen functional groups attached to an aromatic ring is 1. The van der Waals surface area contributed by atoms with Crippen LogP contribution in [0.2, 0.25) is 0 Å². The molecule has 32 heavy (non-hydrogen) atoms. The molecule has 10 heteroatoms. The van der Waals surface area contributed by atoms with E-state index in [2.05, 4.69) is 36.5 Å². The number of nitrogens with zero attached hydrogens (tertiary/aromatic N) is 6. The minimum atomic E-state index is -0.965. The standard InChI is InChI=1S/C22H18N8O2/c1-2-14-5-3-6-15(9-14)17-10-18(27-22(23)26-17)19-13-30(29-28-19)12-16-7-4-8-20(25-16)24-11-21(31)32/h1,3-10,13H,11-12H2,(H,24,25)(H,31,32)(H2,23,26,27). The lowest BCUT2D eigenvalue weighted by Crippen LogP contribution is -2.14. The number of aromatic nitrogens is 6. The molecule has 158 valence electrons. The first-order valence-corrected chi connectivity index (χ1v) is 9.54. The monoisotopic (exact) mass is 426 g/mol. The van der Waals surface area contributed by atoms with Crippen LogP contribution >= 0.6 is 0 Å². The Balaban J connectivity index is 1.56. The van der Waals surface area contributed by atoms with E-state index >= 15 is 0 Å². The van der Waals surface area contributed by atoms with Crippen LogP contribution < -0.4 is 11.1 Å². The van der Waals surface area contributed by atoms with Crippen molar-refractivity contribution in [2.75, 3.05) is 17.6 Å². The van der Waals surface area contributed by atoms with Crippen LogP contribution in [0.1, 0.15) is 11.3 Å². The Kier molecular flexibility index (Phi) is 5.72. The molecule has 0 fully saturated rings. The van der Waals surface area contributed by atoms with Crippen LogP contribution in [0.5, 0.6) is 0 Å². The first-order chi connectivity index (χ1) is 15.5. The number of carboxylic acid groups (broad SMARTS) is 1. The van der Waals surface area contributed by atoms with Gasteiger partial charge in [-0.3, -0.25) is 4.79 Å². The third kappa shape index (κ3) is 4.85. The summed E-state index contributed by atoms with van der Waals surface area (Å²) in [4.78, 5) is 23.7. The summed E-state index contributed by atoms with van der Waals surface area (Å²) in [6.45, 7) is 0.124. The van der Waals surface area contributed by atoms with Gasteiger partial charge in [0.2, 0.25) is 5.95 Å². The molecule has 0 amide bonds. The lowest BCUT2D eigenvalue weighted by atomic mass is 10.1. The zero-order chi connectivity index (χ0) is 22.5. The highest BCUT2D eigenvalue weighted by Gasteiger charge is 2.11. The molecular weight excluding hydrogens is 408 g/mol. The van der Waals surface area contributed by atoms with Crippen molar-refractivity contribution in [3.8, 4) is 35.0 Å². The largest absolute Gasteiger partial charge is 0.480 e. The number of aliphatic carboxylic acids is 1. The highest BCUT2D eigenvalue weighted by molar-refractivity contribution is 5.72. The summed E-state index contributed by atoms with van der Waals surface area (Å²) in [5.41, 5.74) is 9.83. The highest BCUT2D eigenvalue weighted by Crippen LogP contribution is 2.24. The molecule has 0 aliphatic heterocycles. The lowest BCUT2D eigenvalue weighted by Gasteiger charge is -2.06. The van der Waals surface area contributed by atoms with Gasteiger partial charge in [-0.1, -0.05) is 29.3 Å². The van der Waals surface area contributed by atoms with Crippen molar-refractivity contribution in [1.29, 1.82) is 0 Å². The normalized spacial score (nSPS) is 10.5. The first kappa shape index (κ1) is 20.5. The number of nitrogens with one attached hydrogen (secondary N) is 1. The third-order valence-corrected chi connectivity index (χ3v) is 4.42. The van der Waals surface area contributed by atoms with Gasteiger partial charge in [-0.05, 0) is 30.3 Å². The summed E-state index contributed by atoms with van der Waals surface area (Å²) in [6, 6.07) is 14.5. The molecule has 0 spiro atoms. The maximum atomic E-state index is 10.7. The Morgan fingerprint density at radius 2 is 1.91 bits per heavy atom. The number of hydrogen-bond acceptors (Lipinski definition) is 8. The van der Waals surface area contributed by atoms with Gasteiger partial charge in [0, 0.05) is 11.1 Å². The molecule has 3 heterocycles. The topological polar surface area (TPSA) is 145 Å². The van der Waals surface area contributed by atoms with E-state index in [1.807, 2.05) is 30.3 Å². The van der Waals surface area contributed by atoms with E-state index in [9.17, 15) is 4.79 Å². The second-order valence-electron chi connectivity index (χ2n) is 6.78. The summed E-state index contributed by atoms with van der Waals surface area (Å²) >= 11 is 0. The molecule has 0 atom stereocenters. The predicted octanol–water partition coefficient (Wildman–Crippen LogP) is 1.91. The van der Waals surface area contributed by atoms with Gasteiger partial charge in [0.25, 0.3) is 0 Å². The molecule has 1 aromatic carbocycles. The number of benzene rings is 1. The zero-order valence-corrected chi connectivity index (χ0v) is 16.8. The van der Waals surface area contributed by atoms with E-state index in [4.69, 9.17) is 17.3 Å². The summed E-state index contributed by atoms with van der Waals surface area (Å²) in [5, 5.41) is 19.8. The number of nitrogens with two attached hydrogens (primary N) is 1. The van der Waals surface area contributed by atoms with Gasteiger partial charge < -0.3 is 16.2 Å². The van der Waals surface area contributed by atoms with Gasteiger partial charge in [0.05, 0.1) is 29.8 Å². The Morgan fingerprint density at radius 1 is 1.09 bits per heavy atom. The lowest BCUT2D eigenvalue weighted by molar-refractivity contribution is -0.134. The highest BCUT2D eigenvalue weighted by atomic mass is 16.4. The number of rotatable bonds is 7. The van der Waals surface area contributed by atoms with Crippen molar-refractivity contribution in [2.24, 2.45) is 0 Å². The molecule has 4 aromatic rings. The Morgan fingerprint density at radius 3 is 2.72 bits per heavy atom. The van der Waals surface area contributed by atoms with E-state index in [0.717, 1.165) is 11.1 Å². The van der Waals surface area contributed by atoms with Gasteiger partial charge in [-0.25, -0.2) is 19.6 Å². The quantitative estimate of drug-likeness (QED) is 0.377. The van der Waals surface area contributed by atoms with E-state index < -0.39 is 5.97 Å². The number of carboxylic acids is 1. The van der Waals surface area contributed by atoms with Gasteiger partial charge in [-0.2, -0.15) is 0 Å². The summed E-state index contributed by atoms with van der Waals surface area (Å²) in [5.74, 6) is 2.21. The van der Waals surface area contributed by atoms with Crippen molar-refractivity contribution in [3.63, 3.8) is 0 Å². The maximum Gasteiger partial charge on any atom is 0.322 e. The molecule has 10 nitrogen and oxygen atoms in total. The summed E-state index contributed by atoms with van der Waals surface area (Å²) in [6.07, 6.45) is 7.21. The second kappa shape index (κ2) is 8.93. The van der Waals surface area contributed by atoms with Gasteiger partial charge in [0.15, 0.2) is 0 Å². The van der Waals surface area contributed by atoms with Crippen LogP contribution in [0.25, 0.3) is 22.6 Å². The average Bonchev–Trinajstić information content (AvgIpc) is 3.26. The van der Waals surface area contributed by atoms with E-state index in [0.29, 0.717) is 35.1 Å². The minimum Gasteiger partial charge on any atom is -0.480 e. The van der Waals surface area contributed by atoms with Crippen molar-refractivity contribution < 1.29 is 9.90 Å². The summed E-state index contributed by atoms with van der Waals surface area (Å²) < 4.78 is 1.61. The van der Waals surface area contributed by atoms with Crippen LogP contribution in [0.3, 0.4) is 0 Å². The van der Waals surface area contributed by atoms with E-state index in [1.165, 1.54) is 0 Å². The van der Waals surface area contributed by atoms with Crippen molar-refractivity contribution in [1.82, 2.24) is 29.9 Å². The first-order valence-electron chi connectivity index (χ1n) is 9.54.